The van der Waals surface area contributed by atoms with Gasteiger partial charge in [0.25, 0.3) is 0 Å². The number of nitrogens with one attached hydrogen (secondary N) is 4. The van der Waals surface area contributed by atoms with E-state index < -0.39 is 13.2 Å². The molecule has 0 aromatic carbocycles. The van der Waals surface area contributed by atoms with Gasteiger partial charge >= 0.3 is 7.12 Å². The number of hydrogen-bond acceptors (Lipinski definition) is 6. The summed E-state index contributed by atoms with van der Waals surface area (Å²) in [5, 5.41) is 12.6. The Labute approximate surface area is 234 Å². The molecule has 5 rings (SSSR count). The number of hydrogen-bond donors (Lipinski definition) is 5. The molecule has 7 atom stereocenters. The average molecular weight is 547 g/mol. The molecule has 3 aliphatic carbocycles. The van der Waals surface area contributed by atoms with Crippen LogP contribution in [0.1, 0.15) is 86.0 Å². The molecule has 0 aromatic heterocycles. The zero-order valence-corrected chi connectivity index (χ0v) is 24.8. The molecule has 2 bridgehead atoms. The summed E-state index contributed by atoms with van der Waals surface area (Å²) in [5.41, 5.74) is 5.67. The van der Waals surface area contributed by atoms with Crippen LogP contribution in [0.4, 0.5) is 0 Å². The maximum atomic E-state index is 13.7. The van der Waals surface area contributed by atoms with Crippen molar-refractivity contribution in [1.29, 1.82) is 0 Å². The number of carbonyl (C=O) groups is 2. The summed E-state index contributed by atoms with van der Waals surface area (Å²) < 4.78 is 13.3. The minimum atomic E-state index is -0.663. The van der Waals surface area contributed by atoms with Gasteiger partial charge in [0, 0.05) is 13.6 Å². The van der Waals surface area contributed by atoms with Crippen LogP contribution in [0, 0.1) is 23.2 Å². The molecule has 5 fully saturated rings. The zero-order valence-electron chi connectivity index (χ0n) is 24.8. The largest absolute Gasteiger partial charge is 0.481 e. The van der Waals surface area contributed by atoms with Crippen molar-refractivity contribution in [2.75, 3.05) is 20.1 Å². The van der Waals surface area contributed by atoms with Gasteiger partial charge < -0.3 is 36.3 Å². The molecular weight excluding hydrogens is 495 g/mol. The first-order chi connectivity index (χ1) is 18.5. The number of rotatable bonds is 11. The molecule has 3 saturated carbocycles. The first-order valence-corrected chi connectivity index (χ1v) is 15.1. The molecule has 0 unspecified atom stereocenters. The summed E-state index contributed by atoms with van der Waals surface area (Å²) in [4.78, 5) is 30.7. The quantitative estimate of drug-likeness (QED) is 0.115. The third-order valence-electron chi connectivity index (χ3n) is 9.83. The highest BCUT2D eigenvalue weighted by atomic mass is 16.7. The third-order valence-corrected chi connectivity index (χ3v) is 9.83. The number of carbonyl (C=O) groups excluding carboxylic acids is 2. The van der Waals surface area contributed by atoms with E-state index in [1.807, 2.05) is 0 Å². The second-order valence-corrected chi connectivity index (χ2v) is 13.3. The van der Waals surface area contributed by atoms with Gasteiger partial charge in [0.1, 0.15) is 6.04 Å². The number of amides is 2. The molecule has 0 spiro atoms. The fourth-order valence-corrected chi connectivity index (χ4v) is 7.32. The number of nitrogens with zero attached hydrogens (tertiary/aromatic N) is 1. The molecule has 2 aliphatic heterocycles. The second-order valence-electron chi connectivity index (χ2n) is 13.3. The molecule has 39 heavy (non-hydrogen) atoms. The maximum Gasteiger partial charge on any atom is 0.481 e. The highest BCUT2D eigenvalue weighted by Crippen LogP contribution is 2.65. The van der Waals surface area contributed by atoms with Gasteiger partial charge in [0.05, 0.1) is 23.7 Å². The van der Waals surface area contributed by atoms with E-state index in [0.717, 1.165) is 38.6 Å². The highest BCUT2D eigenvalue weighted by molar-refractivity contribution is 6.48. The first kappa shape index (κ1) is 30.1. The lowest BCUT2D eigenvalue weighted by Gasteiger charge is -2.64. The fraction of sp³-hybridized carbons (Fsp3) is 0.893. The monoisotopic (exact) mass is 546 g/mol. The summed E-state index contributed by atoms with van der Waals surface area (Å²) in [5.74, 6) is 1.20. The van der Waals surface area contributed by atoms with Gasteiger partial charge in [-0.15, -0.1) is 0 Å². The second kappa shape index (κ2) is 12.3. The normalized spacial score (nSPS) is 33.1. The topological polar surface area (TPSA) is 139 Å². The Morgan fingerprint density at radius 1 is 1.18 bits per heavy atom. The molecular formula is C28H51BN6O4. The lowest BCUT2D eigenvalue weighted by Crippen LogP contribution is -2.65. The lowest BCUT2D eigenvalue weighted by atomic mass is 9.43. The van der Waals surface area contributed by atoms with Gasteiger partial charge in [-0.3, -0.25) is 14.6 Å². The van der Waals surface area contributed by atoms with E-state index in [9.17, 15) is 9.59 Å². The Bertz CT molecular complexity index is 910. The van der Waals surface area contributed by atoms with Crippen molar-refractivity contribution in [2.24, 2.45) is 33.9 Å². The number of piperidine rings is 1. The molecule has 220 valence electrons. The van der Waals surface area contributed by atoms with Crippen LogP contribution in [0.3, 0.4) is 0 Å². The molecule has 0 radical (unpaired) electrons. The van der Waals surface area contributed by atoms with Crippen LogP contribution < -0.4 is 27.0 Å². The maximum absolute atomic E-state index is 13.7. The molecule has 5 aliphatic rings. The standard InChI is InChI=1S/C28H51BN6O4/c1-17(2)14-23(29-38-22-16-18-15-21(27(18,3)4)28(22,5)39-29)35-25(37)20(11-9-13-33-26(30)31-6)34-24(36)19-10-7-8-12-32-19/h17-23,32H,7-16H2,1-6H3,(H,34,36)(H,35,37)(H3,30,31,33)/t18-,19+,20-,21-,22+,23-,28-/m0/s1. The van der Waals surface area contributed by atoms with Crippen molar-refractivity contribution < 1.29 is 18.9 Å². The Morgan fingerprint density at radius 3 is 2.59 bits per heavy atom. The SMILES string of the molecule is CN=C(N)NCCC[C@H](NC(=O)[C@H]1CCCCN1)C(=O)N[C@@H](CC(C)C)B1O[C@@H]2C[C@@H]3C[C@@H](C3(C)C)[C@]2(C)O1. The average Bonchev–Trinajstić information content (AvgIpc) is 3.27. The van der Waals surface area contributed by atoms with E-state index in [2.05, 4.69) is 60.9 Å². The molecule has 6 N–H and O–H groups in total. The van der Waals surface area contributed by atoms with Gasteiger partial charge in [-0.1, -0.05) is 34.1 Å². The minimum Gasteiger partial charge on any atom is -0.404 e. The molecule has 2 heterocycles. The van der Waals surface area contributed by atoms with Crippen LogP contribution in [0.2, 0.25) is 0 Å². The Kier molecular flexibility index (Phi) is 9.54. The summed E-state index contributed by atoms with van der Waals surface area (Å²) >= 11 is 0. The number of nitrogens with two attached hydrogens (primary N) is 1. The predicted octanol–water partition coefficient (Wildman–Crippen LogP) is 1.73. The van der Waals surface area contributed by atoms with Crippen LogP contribution in [-0.4, -0.2) is 74.8 Å². The van der Waals surface area contributed by atoms with Gasteiger partial charge in [0.2, 0.25) is 11.8 Å². The number of aliphatic imine (C=N–C) groups is 1. The predicted molar refractivity (Wildman–Crippen MR) is 154 cm³/mol. The van der Waals surface area contributed by atoms with Crippen LogP contribution in [0.5, 0.6) is 0 Å². The smallest absolute Gasteiger partial charge is 0.404 e. The first-order valence-electron chi connectivity index (χ1n) is 15.1. The zero-order chi connectivity index (χ0) is 28.4. The van der Waals surface area contributed by atoms with Crippen molar-refractivity contribution in [3.63, 3.8) is 0 Å². The van der Waals surface area contributed by atoms with Crippen LogP contribution in [0.25, 0.3) is 0 Å². The van der Waals surface area contributed by atoms with Gasteiger partial charge in [-0.05, 0) is 81.6 Å². The van der Waals surface area contributed by atoms with Crippen molar-refractivity contribution >= 4 is 24.9 Å². The van der Waals surface area contributed by atoms with Crippen molar-refractivity contribution in [3.05, 3.63) is 0 Å². The van der Waals surface area contributed by atoms with E-state index in [0.29, 0.717) is 43.1 Å². The molecule has 0 aromatic rings. The van der Waals surface area contributed by atoms with E-state index in [4.69, 9.17) is 15.0 Å². The third kappa shape index (κ3) is 6.56. The van der Waals surface area contributed by atoms with Crippen molar-refractivity contribution in [3.8, 4) is 0 Å². The van der Waals surface area contributed by atoms with E-state index >= 15 is 0 Å². The molecule has 2 amide bonds. The molecule has 11 heteroatoms. The lowest BCUT2D eigenvalue weighted by molar-refractivity contribution is -0.199. The summed E-state index contributed by atoms with van der Waals surface area (Å²) in [6.45, 7) is 12.6. The highest BCUT2D eigenvalue weighted by Gasteiger charge is 2.68. The van der Waals surface area contributed by atoms with Crippen LogP contribution >= 0.6 is 0 Å². The summed E-state index contributed by atoms with van der Waals surface area (Å²) in [6, 6.07) is -0.926. The minimum absolute atomic E-state index is 0.0514. The Hall–Kier alpha value is -1.85. The number of guanidine groups is 1. The van der Waals surface area contributed by atoms with Crippen LogP contribution in [-0.2, 0) is 18.9 Å². The van der Waals surface area contributed by atoms with Crippen molar-refractivity contribution in [2.45, 2.75) is 116 Å². The Balaban J connectivity index is 1.43. The molecule has 2 saturated heterocycles. The van der Waals surface area contributed by atoms with E-state index in [-0.39, 0.29) is 40.9 Å². The Morgan fingerprint density at radius 2 is 1.95 bits per heavy atom. The summed E-state index contributed by atoms with van der Waals surface area (Å²) in [6.07, 6.45) is 6.95. The van der Waals surface area contributed by atoms with Crippen molar-refractivity contribution in [1.82, 2.24) is 21.3 Å². The van der Waals surface area contributed by atoms with Gasteiger partial charge in [-0.25, -0.2) is 0 Å². The summed E-state index contributed by atoms with van der Waals surface area (Å²) in [7, 11) is 1.12. The van der Waals surface area contributed by atoms with Gasteiger partial charge in [0.15, 0.2) is 5.96 Å². The van der Waals surface area contributed by atoms with E-state index in [1.165, 1.54) is 6.42 Å². The molecule has 10 nitrogen and oxygen atoms in total. The van der Waals surface area contributed by atoms with E-state index in [1.54, 1.807) is 7.05 Å². The van der Waals surface area contributed by atoms with Gasteiger partial charge in [-0.2, -0.15) is 0 Å². The fourth-order valence-electron chi connectivity index (χ4n) is 7.32. The van der Waals surface area contributed by atoms with Crippen LogP contribution in [0.15, 0.2) is 4.99 Å².